The minimum atomic E-state index is -0.188. The van der Waals surface area contributed by atoms with Gasteiger partial charge in [-0.05, 0) is 18.9 Å². The van der Waals surface area contributed by atoms with Crippen molar-refractivity contribution in [2.45, 2.75) is 26.0 Å². The number of aliphatic hydroxyl groups excluding tert-OH is 1. The van der Waals surface area contributed by atoms with Crippen LogP contribution in [0.2, 0.25) is 0 Å². The second kappa shape index (κ2) is 4.40. The summed E-state index contributed by atoms with van der Waals surface area (Å²) < 4.78 is 2.06. The highest BCUT2D eigenvalue weighted by atomic mass is 32.1. The van der Waals surface area contributed by atoms with Crippen molar-refractivity contribution >= 4 is 16.3 Å². The van der Waals surface area contributed by atoms with Gasteiger partial charge < -0.3 is 5.11 Å². The molecule has 0 amide bonds. The quantitative estimate of drug-likeness (QED) is 0.881. The zero-order valence-corrected chi connectivity index (χ0v) is 10.7. The lowest BCUT2D eigenvalue weighted by atomic mass is 9.96. The Morgan fingerprint density at radius 3 is 3.24 bits per heavy atom. The van der Waals surface area contributed by atoms with Gasteiger partial charge in [0, 0.05) is 30.9 Å². The molecule has 1 aliphatic rings. The van der Waals surface area contributed by atoms with Crippen molar-refractivity contribution in [2.75, 3.05) is 13.1 Å². The van der Waals surface area contributed by atoms with Crippen molar-refractivity contribution < 1.29 is 5.11 Å². The number of aromatic nitrogens is 2. The highest BCUT2D eigenvalue weighted by Crippen LogP contribution is 2.19. The minimum Gasteiger partial charge on any atom is -0.392 e. The van der Waals surface area contributed by atoms with Crippen molar-refractivity contribution in [1.29, 1.82) is 0 Å². The van der Waals surface area contributed by atoms with Crippen LogP contribution in [-0.2, 0) is 6.54 Å². The molecule has 0 bridgehead atoms. The molecular formula is C12H17N3OS. The van der Waals surface area contributed by atoms with E-state index >= 15 is 0 Å². The third-order valence-corrected chi connectivity index (χ3v) is 4.30. The van der Waals surface area contributed by atoms with Gasteiger partial charge in [0.1, 0.15) is 0 Å². The summed E-state index contributed by atoms with van der Waals surface area (Å²) in [6, 6.07) is 0. The highest BCUT2D eigenvalue weighted by Gasteiger charge is 2.24. The summed E-state index contributed by atoms with van der Waals surface area (Å²) in [5.41, 5.74) is 1.10. The van der Waals surface area contributed by atoms with Gasteiger partial charge in [0.25, 0.3) is 0 Å². The predicted molar refractivity (Wildman–Crippen MR) is 68.1 cm³/mol. The van der Waals surface area contributed by atoms with Crippen LogP contribution in [0, 0.1) is 5.92 Å². The number of nitrogens with zero attached hydrogens (tertiary/aromatic N) is 3. The molecule has 0 spiro atoms. The monoisotopic (exact) mass is 251 g/mol. The molecule has 2 aromatic rings. The van der Waals surface area contributed by atoms with Gasteiger partial charge >= 0.3 is 0 Å². The second-order valence-corrected chi connectivity index (χ2v) is 5.77. The molecule has 2 unspecified atom stereocenters. The average molecular weight is 251 g/mol. The van der Waals surface area contributed by atoms with Crippen molar-refractivity contribution in [3.05, 3.63) is 23.5 Å². The molecule has 1 aliphatic heterocycles. The van der Waals surface area contributed by atoms with Gasteiger partial charge in [0.15, 0.2) is 4.96 Å². The van der Waals surface area contributed by atoms with Crippen molar-refractivity contribution in [3.8, 4) is 0 Å². The van der Waals surface area contributed by atoms with Crippen LogP contribution in [0.4, 0.5) is 0 Å². The standard InChI is InChI=1S/C12H17N3OS/c1-9-2-3-14(8-11(9)16)6-10-7-15-4-5-17-12(15)13-10/h4-5,7,9,11,16H,2-3,6,8H2,1H3. The topological polar surface area (TPSA) is 40.8 Å². The largest absolute Gasteiger partial charge is 0.392 e. The summed E-state index contributed by atoms with van der Waals surface area (Å²) in [6.07, 6.45) is 5.00. The number of hydrogen-bond donors (Lipinski definition) is 1. The number of β-amino-alcohol motifs (C(OH)–C–C–N with tert-alkyl or cyclic N) is 1. The Bertz CT molecular complexity index is 478. The summed E-state index contributed by atoms with van der Waals surface area (Å²) in [5.74, 6) is 0.428. The fourth-order valence-corrected chi connectivity index (χ4v) is 3.06. The van der Waals surface area contributed by atoms with E-state index in [1.807, 2.05) is 11.6 Å². The van der Waals surface area contributed by atoms with Gasteiger partial charge in [-0.3, -0.25) is 9.30 Å². The fourth-order valence-electron chi connectivity index (χ4n) is 2.34. The van der Waals surface area contributed by atoms with Crippen LogP contribution in [0.25, 0.3) is 4.96 Å². The normalized spacial score (nSPS) is 26.7. The van der Waals surface area contributed by atoms with Crippen LogP contribution in [0.3, 0.4) is 0 Å². The molecule has 0 aromatic carbocycles. The third-order valence-electron chi connectivity index (χ3n) is 3.53. The van der Waals surface area contributed by atoms with E-state index in [-0.39, 0.29) is 6.10 Å². The lowest BCUT2D eigenvalue weighted by Crippen LogP contribution is -2.42. The maximum absolute atomic E-state index is 9.86. The molecule has 92 valence electrons. The number of aliphatic hydroxyl groups is 1. The maximum Gasteiger partial charge on any atom is 0.193 e. The van der Waals surface area contributed by atoms with Crippen LogP contribution in [0.15, 0.2) is 17.8 Å². The molecule has 1 saturated heterocycles. The van der Waals surface area contributed by atoms with Crippen molar-refractivity contribution in [3.63, 3.8) is 0 Å². The number of rotatable bonds is 2. The molecular weight excluding hydrogens is 234 g/mol. The van der Waals surface area contributed by atoms with Gasteiger partial charge in [0.2, 0.25) is 0 Å². The van der Waals surface area contributed by atoms with Gasteiger partial charge in [-0.15, -0.1) is 11.3 Å². The molecule has 3 heterocycles. The molecule has 3 rings (SSSR count). The molecule has 0 radical (unpaired) electrons. The summed E-state index contributed by atoms with van der Waals surface area (Å²) in [5, 5.41) is 11.9. The van der Waals surface area contributed by atoms with E-state index in [0.29, 0.717) is 5.92 Å². The lowest BCUT2D eigenvalue weighted by Gasteiger charge is -2.33. The molecule has 17 heavy (non-hydrogen) atoms. The Labute approximate surface area is 105 Å². The van der Waals surface area contributed by atoms with Crippen LogP contribution in [0.1, 0.15) is 19.0 Å². The highest BCUT2D eigenvalue weighted by molar-refractivity contribution is 7.15. The van der Waals surface area contributed by atoms with Gasteiger partial charge in [-0.25, -0.2) is 4.98 Å². The summed E-state index contributed by atoms with van der Waals surface area (Å²) in [4.78, 5) is 7.91. The SMILES string of the molecule is CC1CCN(Cc2cn3ccsc3n2)CC1O. The molecule has 1 fully saturated rings. The molecule has 2 atom stereocenters. The summed E-state index contributed by atoms with van der Waals surface area (Å²) in [6.45, 7) is 4.79. The predicted octanol–water partition coefficient (Wildman–Crippen LogP) is 1.60. The number of thiazole rings is 1. The molecule has 2 aromatic heterocycles. The van der Waals surface area contributed by atoms with Crippen LogP contribution >= 0.6 is 11.3 Å². The first-order valence-electron chi connectivity index (χ1n) is 6.04. The number of imidazole rings is 1. The Balaban J connectivity index is 1.69. The number of piperidine rings is 1. The molecule has 5 heteroatoms. The fraction of sp³-hybridized carbons (Fsp3) is 0.583. The van der Waals surface area contributed by atoms with E-state index < -0.39 is 0 Å². The number of fused-ring (bicyclic) bond motifs is 1. The second-order valence-electron chi connectivity index (χ2n) is 4.89. The molecule has 0 saturated carbocycles. The Kier molecular flexibility index (Phi) is 2.90. The molecule has 0 aliphatic carbocycles. The van der Waals surface area contributed by atoms with Crippen LogP contribution in [-0.4, -0.2) is 38.6 Å². The first kappa shape index (κ1) is 11.2. The Hall–Kier alpha value is -0.910. The maximum atomic E-state index is 9.86. The Morgan fingerprint density at radius 2 is 2.47 bits per heavy atom. The zero-order valence-electron chi connectivity index (χ0n) is 9.91. The van der Waals surface area contributed by atoms with Gasteiger partial charge in [0.05, 0.1) is 11.8 Å². The minimum absolute atomic E-state index is 0.188. The van der Waals surface area contributed by atoms with E-state index in [2.05, 4.69) is 27.4 Å². The van der Waals surface area contributed by atoms with Crippen molar-refractivity contribution in [2.24, 2.45) is 5.92 Å². The number of likely N-dealkylation sites (tertiary alicyclic amines) is 1. The lowest BCUT2D eigenvalue weighted by molar-refractivity contribution is 0.0255. The summed E-state index contributed by atoms with van der Waals surface area (Å²) in [7, 11) is 0. The third kappa shape index (κ3) is 2.22. The molecule has 1 N–H and O–H groups in total. The van der Waals surface area contributed by atoms with Crippen molar-refractivity contribution in [1.82, 2.24) is 14.3 Å². The van der Waals surface area contributed by atoms with Gasteiger partial charge in [-0.1, -0.05) is 6.92 Å². The zero-order chi connectivity index (χ0) is 11.8. The Morgan fingerprint density at radius 1 is 1.59 bits per heavy atom. The van der Waals surface area contributed by atoms with Crippen LogP contribution < -0.4 is 0 Å². The number of hydrogen-bond acceptors (Lipinski definition) is 4. The molecule has 4 nitrogen and oxygen atoms in total. The first-order chi connectivity index (χ1) is 8.22. The van der Waals surface area contributed by atoms with Gasteiger partial charge in [-0.2, -0.15) is 0 Å². The smallest absolute Gasteiger partial charge is 0.193 e. The van der Waals surface area contributed by atoms with E-state index in [4.69, 9.17) is 0 Å². The van der Waals surface area contributed by atoms with E-state index in [1.165, 1.54) is 0 Å². The summed E-state index contributed by atoms with van der Waals surface area (Å²) >= 11 is 1.66. The van der Waals surface area contributed by atoms with E-state index in [9.17, 15) is 5.11 Å². The first-order valence-corrected chi connectivity index (χ1v) is 6.92. The average Bonchev–Trinajstić information content (AvgIpc) is 2.84. The van der Waals surface area contributed by atoms with Crippen LogP contribution in [0.5, 0.6) is 0 Å². The van der Waals surface area contributed by atoms with E-state index in [1.54, 1.807) is 11.3 Å². The van der Waals surface area contributed by atoms with E-state index in [0.717, 1.165) is 36.7 Å².